The summed E-state index contributed by atoms with van der Waals surface area (Å²) in [6, 6.07) is -0.905. The first-order valence-corrected chi connectivity index (χ1v) is 18.6. The number of carbonyl (C=O) groups is 1. The molecule has 19 nitrogen and oxygen atoms in total. The highest BCUT2D eigenvalue weighted by molar-refractivity contribution is 8.44. The van der Waals surface area contributed by atoms with Crippen LogP contribution in [-0.4, -0.2) is 110 Å². The Balaban J connectivity index is 1.16. The second kappa shape index (κ2) is 11.8. The Hall–Kier alpha value is -2.13. The van der Waals surface area contributed by atoms with Crippen LogP contribution in [0.15, 0.2) is 16.3 Å². The maximum absolute atomic E-state index is 13.5. The number of aliphatic hydroxyl groups is 1. The lowest BCUT2D eigenvalue weighted by molar-refractivity contribution is -0.124. The fraction of sp³-hybridized carbons (Fsp3) is 0.636. The van der Waals surface area contributed by atoms with Crippen molar-refractivity contribution in [2.75, 3.05) is 25.6 Å². The van der Waals surface area contributed by atoms with Crippen LogP contribution in [0.2, 0.25) is 0 Å². The van der Waals surface area contributed by atoms with Gasteiger partial charge in [-0.3, -0.25) is 27.9 Å². The number of hydrogen-bond donors (Lipinski definition) is 5. The van der Waals surface area contributed by atoms with Gasteiger partial charge in [0.05, 0.1) is 49.3 Å². The number of nitrogens with one attached hydrogen (secondary N) is 1. The van der Waals surface area contributed by atoms with Crippen LogP contribution in [0.1, 0.15) is 24.3 Å². The van der Waals surface area contributed by atoms with Crippen LogP contribution in [0.5, 0.6) is 0 Å². The molecule has 0 aliphatic carbocycles. The maximum Gasteiger partial charge on any atom is 0.472 e. The summed E-state index contributed by atoms with van der Waals surface area (Å²) in [6.07, 6.45) is -4.31. The van der Waals surface area contributed by atoms with Crippen LogP contribution in [0, 0.1) is 5.92 Å². The van der Waals surface area contributed by atoms with Gasteiger partial charge < -0.3 is 35.4 Å². The van der Waals surface area contributed by atoms with Gasteiger partial charge in [-0.1, -0.05) is 12.2 Å². The zero-order valence-corrected chi connectivity index (χ0v) is 26.8. The summed E-state index contributed by atoms with van der Waals surface area (Å²) in [5, 5.41) is 12.9. The Morgan fingerprint density at radius 1 is 1.16 bits per heavy atom. The SMILES string of the molecule is CC1=NC2C(N=CN2[C@@H]2O[C@@H]3CO[P@](=O)(S)O[C@H]4C[C@H](c5snc6c(N)ncnc56)O[C@@H]4COP(=O)(O)O[C@@H]2[C@@H]3CO)C(=O)N1. The van der Waals surface area contributed by atoms with E-state index in [-0.39, 0.29) is 12.2 Å². The number of aliphatic imine (C=N–C) groups is 2. The number of fused-ring (bicyclic) bond motifs is 5. The minimum Gasteiger partial charge on any atom is -0.396 e. The number of ether oxygens (including phenoxy) is 2. The van der Waals surface area contributed by atoms with Crippen molar-refractivity contribution in [2.45, 2.75) is 62.3 Å². The van der Waals surface area contributed by atoms with Crippen molar-refractivity contribution in [2.24, 2.45) is 15.9 Å². The first-order chi connectivity index (χ1) is 21.4. The van der Waals surface area contributed by atoms with Crippen LogP contribution < -0.4 is 11.1 Å². The number of phosphoric acid groups is 1. The smallest absolute Gasteiger partial charge is 0.396 e. The molecule has 3 saturated heterocycles. The molecule has 2 aromatic heterocycles. The zero-order valence-electron chi connectivity index (χ0n) is 23.3. The average Bonchev–Trinajstić information content (AvgIpc) is 3.74. The van der Waals surface area contributed by atoms with Gasteiger partial charge in [0.2, 0.25) is 0 Å². The molecule has 0 radical (unpaired) electrons. The van der Waals surface area contributed by atoms with E-state index >= 15 is 0 Å². The molecular weight excluding hydrogens is 678 g/mol. The molecule has 7 heterocycles. The second-order valence-electron chi connectivity index (χ2n) is 10.8. The Morgan fingerprint density at radius 2 is 1.96 bits per heavy atom. The van der Waals surface area contributed by atoms with Crippen molar-refractivity contribution in [1.29, 1.82) is 0 Å². The lowest BCUT2D eigenvalue weighted by Crippen LogP contribution is -2.55. The molecule has 2 bridgehead atoms. The monoisotopic (exact) mass is 706 g/mol. The van der Waals surface area contributed by atoms with Gasteiger partial charge in [-0.05, 0) is 18.5 Å². The van der Waals surface area contributed by atoms with Gasteiger partial charge in [-0.2, -0.15) is 4.37 Å². The van der Waals surface area contributed by atoms with Gasteiger partial charge in [-0.15, -0.1) is 0 Å². The number of hydrogen-bond acceptors (Lipinski definition) is 18. The molecule has 0 spiro atoms. The molecule has 2 aromatic rings. The highest BCUT2D eigenvalue weighted by atomic mass is 32.7. The summed E-state index contributed by atoms with van der Waals surface area (Å²) in [6.45, 7) is -4.03. The number of phosphoric ester groups is 1. The highest BCUT2D eigenvalue weighted by Crippen LogP contribution is 2.58. The first kappa shape index (κ1) is 31.5. The van der Waals surface area contributed by atoms with Crippen molar-refractivity contribution < 1.29 is 51.5 Å². The number of nitrogens with two attached hydrogens (primary N) is 1. The second-order valence-corrected chi connectivity index (χ2v) is 15.9. The normalized spacial score (nSPS) is 42.0. The molecule has 3 fully saturated rings. The predicted octanol–water partition coefficient (Wildman–Crippen LogP) is 0.374. The molecule has 5 N–H and O–H groups in total. The number of nitrogens with zero attached hydrogens (tertiary/aromatic N) is 6. The summed E-state index contributed by atoms with van der Waals surface area (Å²) >= 11 is 5.25. The third kappa shape index (κ3) is 5.94. The van der Waals surface area contributed by atoms with Gasteiger partial charge in [0, 0.05) is 12.3 Å². The maximum atomic E-state index is 13.5. The van der Waals surface area contributed by atoms with E-state index in [0.29, 0.717) is 21.7 Å². The van der Waals surface area contributed by atoms with E-state index in [1.54, 1.807) is 6.92 Å². The minimum absolute atomic E-state index is 0.119. The van der Waals surface area contributed by atoms with Gasteiger partial charge in [-0.25, -0.2) is 24.1 Å². The molecule has 5 aliphatic rings. The van der Waals surface area contributed by atoms with E-state index < -0.39 is 95.2 Å². The van der Waals surface area contributed by atoms with Gasteiger partial charge in [0.25, 0.3) is 5.91 Å². The van der Waals surface area contributed by atoms with Gasteiger partial charge >= 0.3 is 14.6 Å². The van der Waals surface area contributed by atoms with Crippen LogP contribution in [0.4, 0.5) is 5.82 Å². The molecule has 3 unspecified atom stereocenters. The van der Waals surface area contributed by atoms with Gasteiger partial charge in [0.15, 0.2) is 24.3 Å². The number of amidine groups is 1. The molecular formula is C22H28N8O11P2S2. The number of carbonyl (C=O) groups excluding carboxylic acids is 1. The third-order valence-corrected chi connectivity index (χ3v) is 11.5. The fourth-order valence-corrected chi connectivity index (χ4v) is 9.27. The Labute approximate surface area is 264 Å². The van der Waals surface area contributed by atoms with Crippen LogP contribution >= 0.6 is 38.4 Å². The van der Waals surface area contributed by atoms with Crippen LogP contribution in [0.3, 0.4) is 0 Å². The summed E-state index contributed by atoms with van der Waals surface area (Å²) in [7, 11) is -4.88. The minimum atomic E-state index is -4.88. The van der Waals surface area contributed by atoms with Crippen molar-refractivity contribution in [3.05, 3.63) is 11.2 Å². The topological polar surface area (TPSA) is 252 Å². The predicted molar refractivity (Wildman–Crippen MR) is 158 cm³/mol. The van der Waals surface area contributed by atoms with Crippen molar-refractivity contribution >= 4 is 73.3 Å². The molecule has 0 saturated carbocycles. The standard InChI is InChI=1S/C22H28N8O11P2S2/c1-8-27-20-16(21(32)28-8)26-7-30(20)22-17-9(3-31)12(39-22)4-37-43(35,44)40-10-2-11(38-13(10)5-36-42(33,34)41-17)18-14-15(29-45-18)19(23)25-6-24-14/h6-7,9-13,16-17,20,22,31H,2-5H2,1H3,(H,33,34)(H,35,44)(H2,23,24,25)(H,27,28,32)/t9-,10+,11-,12-,13-,16?,17-,20?,22-,43+/m1/s1. The lowest BCUT2D eigenvalue weighted by atomic mass is 9.99. The molecule has 7 rings (SSSR count). The number of anilines is 1. The summed E-state index contributed by atoms with van der Waals surface area (Å²) in [5.74, 6) is -0.838. The van der Waals surface area contributed by atoms with E-state index in [1.165, 1.54) is 17.6 Å². The molecule has 5 aliphatic heterocycles. The average molecular weight is 707 g/mol. The third-order valence-electron chi connectivity index (χ3n) is 7.99. The molecule has 1 amide bonds. The Bertz CT molecular complexity index is 1670. The molecule has 0 aromatic carbocycles. The van der Waals surface area contributed by atoms with Crippen LogP contribution in [0.25, 0.3) is 11.0 Å². The molecule has 23 heteroatoms. The van der Waals surface area contributed by atoms with Crippen molar-refractivity contribution in [1.82, 2.24) is 24.6 Å². The number of amides is 1. The van der Waals surface area contributed by atoms with Crippen molar-refractivity contribution in [3.63, 3.8) is 0 Å². The number of nitrogen functional groups attached to an aromatic ring is 1. The van der Waals surface area contributed by atoms with E-state index in [4.69, 9.17) is 33.3 Å². The highest BCUT2D eigenvalue weighted by Gasteiger charge is 2.55. The number of aliphatic hydroxyl groups excluding tert-OH is 1. The number of thiol groups is 1. The lowest BCUT2D eigenvalue weighted by Gasteiger charge is -2.35. The quantitative estimate of drug-likeness (QED) is 0.214. The number of aromatic nitrogens is 3. The van der Waals surface area contributed by atoms with E-state index in [9.17, 15) is 23.9 Å². The van der Waals surface area contributed by atoms with E-state index in [0.717, 1.165) is 11.5 Å². The molecule has 244 valence electrons. The summed E-state index contributed by atoms with van der Waals surface area (Å²) in [4.78, 5) is 42.3. The molecule has 11 atom stereocenters. The largest absolute Gasteiger partial charge is 0.472 e. The van der Waals surface area contributed by atoms with E-state index in [1.807, 2.05) is 0 Å². The van der Waals surface area contributed by atoms with E-state index in [2.05, 4.69) is 41.9 Å². The van der Waals surface area contributed by atoms with Crippen molar-refractivity contribution in [3.8, 4) is 0 Å². The number of rotatable bonds is 3. The van der Waals surface area contributed by atoms with Gasteiger partial charge in [0.1, 0.15) is 35.4 Å². The summed E-state index contributed by atoms with van der Waals surface area (Å²) in [5.41, 5.74) is 6.78. The van der Waals surface area contributed by atoms with Crippen LogP contribution in [-0.2, 0) is 41.5 Å². The molecule has 45 heavy (non-hydrogen) atoms. The fourth-order valence-electron chi connectivity index (χ4n) is 5.91. The Kier molecular flexibility index (Phi) is 8.28. The Morgan fingerprint density at radius 3 is 2.76 bits per heavy atom. The summed E-state index contributed by atoms with van der Waals surface area (Å²) < 4.78 is 65.9. The zero-order chi connectivity index (χ0) is 31.7. The first-order valence-electron chi connectivity index (χ1n) is 13.7.